The first-order valence-corrected chi connectivity index (χ1v) is 8.40. The summed E-state index contributed by atoms with van der Waals surface area (Å²) < 4.78 is 0. The van der Waals surface area contributed by atoms with Gasteiger partial charge < -0.3 is 5.32 Å². The van der Waals surface area contributed by atoms with Gasteiger partial charge in [-0.1, -0.05) is 30.1 Å². The topological polar surface area (TPSA) is 69.8 Å². The highest BCUT2D eigenvalue weighted by Crippen LogP contribution is 2.51. The molecular weight excluding hydrogens is 365 g/mol. The third kappa shape index (κ3) is 2.77. The van der Waals surface area contributed by atoms with E-state index in [9.17, 15) is 4.79 Å². The van der Waals surface area contributed by atoms with Crippen LogP contribution >= 0.6 is 23.2 Å². The van der Waals surface area contributed by atoms with E-state index in [4.69, 9.17) is 33.0 Å². The fourth-order valence-electron chi connectivity index (χ4n) is 2.65. The molecule has 2 heterocycles. The first kappa shape index (κ1) is 16.4. The average molecular weight is 378 g/mol. The number of amides is 1. The van der Waals surface area contributed by atoms with Gasteiger partial charge in [0.25, 0.3) is 0 Å². The summed E-state index contributed by atoms with van der Waals surface area (Å²) in [4.78, 5) is 28.8. The van der Waals surface area contributed by atoms with Crippen LogP contribution in [0.5, 0.6) is 0 Å². The third-order valence-electron chi connectivity index (χ3n) is 3.91. The van der Waals surface area contributed by atoms with Crippen molar-refractivity contribution in [2.75, 3.05) is 4.90 Å². The minimum absolute atomic E-state index is 0.196. The maximum Gasteiger partial charge on any atom is 0.373 e. The zero-order valence-electron chi connectivity index (χ0n) is 13.1. The Hall–Kier alpha value is -2.12. The summed E-state index contributed by atoms with van der Waals surface area (Å²) in [5, 5.41) is 3.89. The molecule has 0 radical (unpaired) electrons. The Morgan fingerprint density at radius 2 is 1.84 bits per heavy atom. The lowest BCUT2D eigenvalue weighted by atomic mass is 10.1. The van der Waals surface area contributed by atoms with Crippen molar-refractivity contribution in [3.63, 3.8) is 0 Å². The molecule has 0 bridgehead atoms. The SMILES string of the molecule is CCC(=O)NC1=Nc2cc(Cl)ccc2N(c2ccc(Cl)cc2)C12OO2. The number of nitrogens with zero attached hydrogens (tertiary/aromatic N) is 2. The van der Waals surface area contributed by atoms with E-state index < -0.39 is 5.91 Å². The molecule has 0 aromatic heterocycles. The Morgan fingerprint density at radius 3 is 2.48 bits per heavy atom. The standard InChI is InChI=1S/C17H13Cl2N3O3/c1-2-15(23)21-16-17(24-25-17)22(12-6-3-10(18)4-7-12)14-8-5-11(19)9-13(14)20-16/h3-9H,2H2,1H3,(H,20,21,23). The molecule has 8 heteroatoms. The number of anilines is 2. The number of benzene rings is 2. The van der Waals surface area contributed by atoms with Crippen molar-refractivity contribution in [2.45, 2.75) is 19.3 Å². The molecule has 4 rings (SSSR count). The molecule has 2 aliphatic rings. The van der Waals surface area contributed by atoms with Crippen molar-refractivity contribution in [1.82, 2.24) is 5.32 Å². The highest BCUT2D eigenvalue weighted by atomic mass is 35.5. The molecule has 1 spiro atoms. The second kappa shape index (κ2) is 6.00. The normalized spacial score (nSPS) is 17.1. The maximum atomic E-state index is 11.9. The van der Waals surface area contributed by atoms with Crippen molar-refractivity contribution >= 4 is 52.0 Å². The number of rotatable bonds is 2. The van der Waals surface area contributed by atoms with Crippen LogP contribution in [-0.2, 0) is 14.6 Å². The van der Waals surface area contributed by atoms with E-state index in [2.05, 4.69) is 10.3 Å². The fourth-order valence-corrected chi connectivity index (χ4v) is 2.94. The number of carbonyl (C=O) groups excluding carboxylic acids is 1. The van der Waals surface area contributed by atoms with Crippen LogP contribution < -0.4 is 10.2 Å². The lowest BCUT2D eigenvalue weighted by Crippen LogP contribution is -2.51. The van der Waals surface area contributed by atoms with E-state index in [1.165, 1.54) is 0 Å². The summed E-state index contributed by atoms with van der Waals surface area (Å²) in [6.45, 7) is 1.75. The average Bonchev–Trinajstić information content (AvgIpc) is 3.38. The van der Waals surface area contributed by atoms with Crippen molar-refractivity contribution in [3.8, 4) is 0 Å². The van der Waals surface area contributed by atoms with Crippen molar-refractivity contribution in [1.29, 1.82) is 0 Å². The lowest BCUT2D eigenvalue weighted by Gasteiger charge is -2.33. The Labute approximate surface area is 153 Å². The number of hydrogen-bond donors (Lipinski definition) is 1. The van der Waals surface area contributed by atoms with Gasteiger partial charge in [-0.2, -0.15) is 9.78 Å². The van der Waals surface area contributed by atoms with Gasteiger partial charge in [-0.3, -0.25) is 9.69 Å². The van der Waals surface area contributed by atoms with Crippen LogP contribution in [0.15, 0.2) is 47.5 Å². The molecule has 6 nitrogen and oxygen atoms in total. The second-order valence-corrected chi connectivity index (χ2v) is 6.43. The quantitative estimate of drug-likeness (QED) is 0.624. The van der Waals surface area contributed by atoms with E-state index in [-0.39, 0.29) is 11.7 Å². The molecule has 25 heavy (non-hydrogen) atoms. The second-order valence-electron chi connectivity index (χ2n) is 5.56. The Balaban J connectivity index is 1.87. The van der Waals surface area contributed by atoms with Gasteiger partial charge in [0.2, 0.25) is 5.91 Å². The van der Waals surface area contributed by atoms with Gasteiger partial charge in [-0.25, -0.2) is 4.99 Å². The van der Waals surface area contributed by atoms with Gasteiger partial charge in [0.15, 0.2) is 5.84 Å². The van der Waals surface area contributed by atoms with Gasteiger partial charge >= 0.3 is 5.91 Å². The van der Waals surface area contributed by atoms with E-state index in [0.717, 1.165) is 11.4 Å². The van der Waals surface area contributed by atoms with Gasteiger partial charge in [-0.15, -0.1) is 0 Å². The van der Waals surface area contributed by atoms with E-state index in [1.807, 2.05) is 18.2 Å². The highest BCUT2D eigenvalue weighted by molar-refractivity contribution is 6.31. The number of amidine groups is 1. The molecule has 1 amide bonds. The highest BCUT2D eigenvalue weighted by Gasteiger charge is 2.63. The van der Waals surface area contributed by atoms with Crippen molar-refractivity contribution in [3.05, 3.63) is 52.5 Å². The largest absolute Gasteiger partial charge is 0.373 e. The Morgan fingerprint density at radius 1 is 1.16 bits per heavy atom. The monoisotopic (exact) mass is 377 g/mol. The number of nitrogens with one attached hydrogen (secondary N) is 1. The number of hydrogen-bond acceptors (Lipinski definition) is 5. The number of carbonyl (C=O) groups is 1. The molecule has 1 fully saturated rings. The smallest absolute Gasteiger partial charge is 0.308 e. The summed E-state index contributed by atoms with van der Waals surface area (Å²) in [5.41, 5.74) is 2.10. The molecule has 2 aromatic carbocycles. The number of fused-ring (bicyclic) bond motifs is 1. The first-order chi connectivity index (χ1) is 12.0. The molecule has 0 unspecified atom stereocenters. The van der Waals surface area contributed by atoms with Gasteiger partial charge in [0.1, 0.15) is 0 Å². The summed E-state index contributed by atoms with van der Waals surface area (Å²) in [7, 11) is 0. The Bertz CT molecular complexity index is 879. The third-order valence-corrected chi connectivity index (χ3v) is 4.40. The lowest BCUT2D eigenvalue weighted by molar-refractivity contribution is -0.119. The van der Waals surface area contributed by atoms with E-state index in [1.54, 1.807) is 36.1 Å². The molecule has 1 saturated heterocycles. The molecule has 0 atom stereocenters. The minimum atomic E-state index is -1.31. The number of halogens is 2. The van der Waals surface area contributed by atoms with Gasteiger partial charge in [-0.05, 0) is 42.5 Å². The summed E-state index contributed by atoms with van der Waals surface area (Å²) in [5.74, 6) is -1.25. The first-order valence-electron chi connectivity index (χ1n) is 7.65. The molecule has 2 aromatic rings. The zero-order valence-corrected chi connectivity index (χ0v) is 14.6. The molecule has 1 N–H and O–H groups in total. The molecular formula is C17H13Cl2N3O3. The van der Waals surface area contributed by atoms with Crippen LogP contribution in [0.4, 0.5) is 17.1 Å². The van der Waals surface area contributed by atoms with Crippen LogP contribution in [0.25, 0.3) is 0 Å². The van der Waals surface area contributed by atoms with E-state index in [0.29, 0.717) is 22.2 Å². The predicted octanol–water partition coefficient (Wildman–Crippen LogP) is 4.32. The van der Waals surface area contributed by atoms with Crippen LogP contribution in [0.3, 0.4) is 0 Å². The zero-order chi connectivity index (χ0) is 17.6. The summed E-state index contributed by atoms with van der Waals surface area (Å²) in [6.07, 6.45) is 0.304. The predicted molar refractivity (Wildman–Crippen MR) is 95.5 cm³/mol. The molecule has 0 saturated carbocycles. The van der Waals surface area contributed by atoms with Gasteiger partial charge in [0, 0.05) is 22.2 Å². The fraction of sp³-hybridized carbons (Fsp3) is 0.176. The minimum Gasteiger partial charge on any atom is -0.308 e. The molecule has 0 aliphatic carbocycles. The van der Waals surface area contributed by atoms with Gasteiger partial charge in [0.05, 0.1) is 11.4 Å². The summed E-state index contributed by atoms with van der Waals surface area (Å²) in [6, 6.07) is 12.5. The Kier molecular flexibility index (Phi) is 3.92. The van der Waals surface area contributed by atoms with Crippen LogP contribution in [0.2, 0.25) is 10.0 Å². The molecule has 128 valence electrons. The van der Waals surface area contributed by atoms with Crippen LogP contribution in [-0.4, -0.2) is 17.7 Å². The van der Waals surface area contributed by atoms with Crippen LogP contribution in [0.1, 0.15) is 13.3 Å². The maximum absolute atomic E-state index is 11.9. The van der Waals surface area contributed by atoms with Crippen LogP contribution in [0, 0.1) is 0 Å². The number of aliphatic imine (C=N–C) groups is 1. The summed E-state index contributed by atoms with van der Waals surface area (Å²) >= 11 is 12.1. The molecule has 2 aliphatic heterocycles. The van der Waals surface area contributed by atoms with Crippen molar-refractivity contribution in [2.24, 2.45) is 4.99 Å². The van der Waals surface area contributed by atoms with Crippen molar-refractivity contribution < 1.29 is 14.6 Å². The van der Waals surface area contributed by atoms with E-state index >= 15 is 0 Å².